The molecular weight excluding hydrogens is 204 g/mol. The van der Waals surface area contributed by atoms with E-state index in [-0.39, 0.29) is 0 Å². The van der Waals surface area contributed by atoms with E-state index in [1.807, 2.05) is 12.1 Å². The van der Waals surface area contributed by atoms with Gasteiger partial charge in [-0.15, -0.1) is 0 Å². The second-order valence-corrected chi connectivity index (χ2v) is 4.31. The third-order valence-corrected chi connectivity index (χ3v) is 1.72. The summed E-state index contributed by atoms with van der Waals surface area (Å²) in [6.07, 6.45) is 0.918. The van der Waals surface area contributed by atoms with Gasteiger partial charge in [-0.3, -0.25) is 0 Å². The Hall–Kier alpha value is -1.77. The minimum atomic E-state index is -0.707. The van der Waals surface area contributed by atoms with Crippen molar-refractivity contribution in [2.45, 2.75) is 26.4 Å². The summed E-state index contributed by atoms with van der Waals surface area (Å²) in [4.78, 5) is 11.4. The Morgan fingerprint density at radius 1 is 1.31 bits per heavy atom. The predicted molar refractivity (Wildman–Crippen MR) is 63.4 cm³/mol. The molecule has 0 heterocycles. The molecule has 0 amide bonds. The molecule has 0 saturated carbocycles. The van der Waals surface area contributed by atoms with E-state index < -0.39 is 11.8 Å². The lowest BCUT2D eigenvalue weighted by Gasteiger charge is -2.19. The molecule has 0 spiro atoms. The summed E-state index contributed by atoms with van der Waals surface area (Å²) in [6.45, 7) is 9.00. The van der Waals surface area contributed by atoms with Crippen LogP contribution in [-0.2, 0) is 4.74 Å². The van der Waals surface area contributed by atoms with Crippen LogP contribution in [0.5, 0.6) is 5.75 Å². The molecule has 0 aliphatic carbocycles. The fourth-order valence-corrected chi connectivity index (χ4v) is 1.10. The van der Waals surface area contributed by atoms with Gasteiger partial charge in [0.05, 0.1) is 0 Å². The van der Waals surface area contributed by atoms with E-state index in [0.29, 0.717) is 5.75 Å². The zero-order valence-corrected chi connectivity index (χ0v) is 9.82. The molecule has 0 aliphatic heterocycles. The van der Waals surface area contributed by atoms with E-state index in [1.54, 1.807) is 39.0 Å². The molecule has 16 heavy (non-hydrogen) atoms. The quantitative estimate of drug-likeness (QED) is 0.563. The summed E-state index contributed by atoms with van der Waals surface area (Å²) in [7, 11) is 0. The lowest BCUT2D eigenvalue weighted by atomic mass is 10.2. The maximum absolute atomic E-state index is 11.4. The number of ether oxygens (including phenoxy) is 2. The summed E-state index contributed by atoms with van der Waals surface area (Å²) >= 11 is 0. The zero-order chi connectivity index (χ0) is 12.2. The molecule has 0 unspecified atom stereocenters. The maximum atomic E-state index is 11.4. The smallest absolute Gasteiger partial charge is 0.428 e. The molecule has 3 nitrogen and oxygen atoms in total. The van der Waals surface area contributed by atoms with Crippen LogP contribution in [0.15, 0.2) is 30.8 Å². The highest BCUT2D eigenvalue weighted by atomic mass is 16.7. The van der Waals surface area contributed by atoms with Crippen LogP contribution >= 0.6 is 0 Å². The summed E-state index contributed by atoms with van der Waals surface area (Å²) in [5, 5.41) is 0. The minimum Gasteiger partial charge on any atom is -0.428 e. The van der Waals surface area contributed by atoms with Gasteiger partial charge in [0.25, 0.3) is 0 Å². The normalized spacial score (nSPS) is 10.7. The highest BCUT2D eigenvalue weighted by molar-refractivity contribution is 5.67. The van der Waals surface area contributed by atoms with Gasteiger partial charge in [0.2, 0.25) is 0 Å². The van der Waals surface area contributed by atoms with Crippen molar-refractivity contribution in [2.24, 2.45) is 0 Å². The van der Waals surface area contributed by atoms with Gasteiger partial charge in [-0.1, -0.05) is 30.9 Å². The Morgan fingerprint density at radius 3 is 2.50 bits per heavy atom. The summed E-state index contributed by atoms with van der Waals surface area (Å²) in [6, 6.07) is 7.14. The molecule has 0 aliphatic rings. The molecule has 0 N–H and O–H groups in total. The second kappa shape index (κ2) is 4.84. The van der Waals surface area contributed by atoms with Crippen molar-refractivity contribution in [1.82, 2.24) is 0 Å². The minimum absolute atomic E-state index is 0.451. The first kappa shape index (κ1) is 12.3. The fraction of sp³-hybridized carbons (Fsp3) is 0.308. The van der Waals surface area contributed by atoms with Crippen molar-refractivity contribution >= 4 is 12.2 Å². The lowest BCUT2D eigenvalue weighted by Crippen LogP contribution is -2.26. The number of benzene rings is 1. The third kappa shape index (κ3) is 3.77. The fourth-order valence-electron chi connectivity index (χ4n) is 1.10. The molecule has 0 radical (unpaired) electrons. The van der Waals surface area contributed by atoms with Gasteiger partial charge in [-0.2, -0.15) is 0 Å². The van der Waals surface area contributed by atoms with Gasteiger partial charge < -0.3 is 9.47 Å². The van der Waals surface area contributed by atoms with Crippen LogP contribution in [0.25, 0.3) is 6.08 Å². The van der Waals surface area contributed by atoms with Crippen molar-refractivity contribution in [1.29, 1.82) is 0 Å². The van der Waals surface area contributed by atoms with E-state index in [1.165, 1.54) is 0 Å². The Morgan fingerprint density at radius 2 is 1.94 bits per heavy atom. The van der Waals surface area contributed by atoms with Gasteiger partial charge in [0.15, 0.2) is 0 Å². The van der Waals surface area contributed by atoms with E-state index in [4.69, 9.17) is 9.47 Å². The first-order chi connectivity index (χ1) is 7.42. The SMILES string of the molecule is C=Cc1ccccc1OC(=O)OC(C)(C)C. The Bertz CT molecular complexity index is 388. The third-order valence-electron chi connectivity index (χ3n) is 1.72. The van der Waals surface area contributed by atoms with Crippen LogP contribution in [0.2, 0.25) is 0 Å². The molecule has 86 valence electrons. The second-order valence-electron chi connectivity index (χ2n) is 4.31. The zero-order valence-electron chi connectivity index (χ0n) is 9.82. The van der Waals surface area contributed by atoms with Crippen LogP contribution in [0.4, 0.5) is 4.79 Å². The van der Waals surface area contributed by atoms with E-state index in [0.717, 1.165) is 5.56 Å². The van der Waals surface area contributed by atoms with Crippen LogP contribution in [0.3, 0.4) is 0 Å². The first-order valence-electron chi connectivity index (χ1n) is 5.04. The van der Waals surface area contributed by atoms with E-state index >= 15 is 0 Å². The van der Waals surface area contributed by atoms with Crippen LogP contribution in [0, 0.1) is 0 Å². The molecular formula is C13H16O3. The standard InChI is InChI=1S/C13H16O3/c1-5-10-8-6-7-9-11(10)15-12(14)16-13(2,3)4/h5-9H,1H2,2-4H3. The van der Waals surface area contributed by atoms with Crippen LogP contribution in [0.1, 0.15) is 26.3 Å². The molecule has 0 bridgehead atoms. The molecule has 1 aromatic carbocycles. The first-order valence-corrected chi connectivity index (χ1v) is 5.04. The maximum Gasteiger partial charge on any atom is 0.514 e. The van der Waals surface area contributed by atoms with Gasteiger partial charge in [0.1, 0.15) is 11.4 Å². The lowest BCUT2D eigenvalue weighted by molar-refractivity contribution is 0.0206. The van der Waals surface area contributed by atoms with Crippen LogP contribution in [-0.4, -0.2) is 11.8 Å². The van der Waals surface area contributed by atoms with E-state index in [9.17, 15) is 4.79 Å². The topological polar surface area (TPSA) is 35.5 Å². The largest absolute Gasteiger partial charge is 0.514 e. The van der Waals surface area contributed by atoms with Crippen LogP contribution < -0.4 is 4.74 Å². The van der Waals surface area contributed by atoms with E-state index in [2.05, 4.69) is 6.58 Å². The predicted octanol–water partition coefficient (Wildman–Crippen LogP) is 3.64. The highest BCUT2D eigenvalue weighted by Gasteiger charge is 2.18. The molecule has 0 saturated heterocycles. The highest BCUT2D eigenvalue weighted by Crippen LogP contribution is 2.20. The van der Waals surface area contributed by atoms with Crippen molar-refractivity contribution in [3.05, 3.63) is 36.4 Å². The molecule has 1 rings (SSSR count). The summed E-state index contributed by atoms with van der Waals surface area (Å²) < 4.78 is 10.1. The summed E-state index contributed by atoms with van der Waals surface area (Å²) in [5.41, 5.74) is 0.202. The number of rotatable bonds is 2. The Kier molecular flexibility index (Phi) is 3.72. The van der Waals surface area contributed by atoms with Gasteiger partial charge >= 0.3 is 6.16 Å². The molecule has 0 atom stereocenters. The van der Waals surface area contributed by atoms with Gasteiger partial charge in [-0.05, 0) is 26.8 Å². The van der Waals surface area contributed by atoms with Crippen molar-refractivity contribution in [3.63, 3.8) is 0 Å². The number of hydrogen-bond donors (Lipinski definition) is 0. The monoisotopic (exact) mass is 220 g/mol. The van der Waals surface area contributed by atoms with Gasteiger partial charge in [-0.25, -0.2) is 4.79 Å². The van der Waals surface area contributed by atoms with Gasteiger partial charge in [0, 0.05) is 5.56 Å². The number of para-hydroxylation sites is 1. The number of carbonyl (C=O) groups is 1. The Labute approximate surface area is 95.7 Å². The number of carbonyl (C=O) groups excluding carboxylic acids is 1. The average molecular weight is 220 g/mol. The van der Waals surface area contributed by atoms with Crippen molar-refractivity contribution in [2.75, 3.05) is 0 Å². The van der Waals surface area contributed by atoms with Crippen molar-refractivity contribution in [3.8, 4) is 5.75 Å². The average Bonchev–Trinajstić information content (AvgIpc) is 2.15. The summed E-state index contributed by atoms with van der Waals surface area (Å²) in [5.74, 6) is 0.451. The molecule has 1 aromatic rings. The molecule has 0 fully saturated rings. The molecule has 3 heteroatoms. The van der Waals surface area contributed by atoms with Crippen molar-refractivity contribution < 1.29 is 14.3 Å². The Balaban J connectivity index is 2.73. The number of hydrogen-bond acceptors (Lipinski definition) is 3. The molecule has 0 aromatic heterocycles.